The van der Waals surface area contributed by atoms with Crippen LogP contribution in [0.5, 0.6) is 0 Å². The van der Waals surface area contributed by atoms with Gasteiger partial charge in [-0.1, -0.05) is 12.1 Å². The van der Waals surface area contributed by atoms with E-state index in [2.05, 4.69) is 6.07 Å². The van der Waals surface area contributed by atoms with Crippen molar-refractivity contribution in [3.63, 3.8) is 0 Å². The zero-order valence-electron chi connectivity index (χ0n) is 14.2. The molecule has 6 heteroatoms. The first-order chi connectivity index (χ1) is 12.0. The number of rotatable bonds is 4. The number of carbonyl (C=O) groups excluding carboxylic acids is 2. The lowest BCUT2D eigenvalue weighted by molar-refractivity contribution is -0.142. The van der Waals surface area contributed by atoms with E-state index in [9.17, 15) is 14.9 Å². The van der Waals surface area contributed by atoms with Crippen LogP contribution in [0, 0.1) is 22.7 Å². The molecule has 2 aliphatic heterocycles. The highest BCUT2D eigenvalue weighted by atomic mass is 16.5. The molecule has 0 spiro atoms. The molecule has 2 heterocycles. The van der Waals surface area contributed by atoms with Gasteiger partial charge in [0.1, 0.15) is 5.41 Å². The van der Waals surface area contributed by atoms with Gasteiger partial charge in [0.25, 0.3) is 0 Å². The Bertz CT molecular complexity index is 704. The lowest BCUT2D eigenvalue weighted by Crippen LogP contribution is -2.45. The third-order valence-electron chi connectivity index (χ3n) is 5.28. The molecule has 0 saturated carbocycles. The minimum atomic E-state index is -0.918. The molecule has 0 aromatic heterocycles. The van der Waals surface area contributed by atoms with Crippen LogP contribution in [0.3, 0.4) is 0 Å². The molecule has 0 bridgehead atoms. The Balaban J connectivity index is 1.63. The van der Waals surface area contributed by atoms with Crippen LogP contribution in [0.25, 0.3) is 0 Å². The Hall–Kier alpha value is -2.39. The third-order valence-corrected chi connectivity index (χ3v) is 5.28. The van der Waals surface area contributed by atoms with Crippen LogP contribution in [0.15, 0.2) is 24.3 Å². The van der Waals surface area contributed by atoms with Gasteiger partial charge in [-0.05, 0) is 49.3 Å². The second kappa shape index (κ2) is 7.24. The molecule has 6 nitrogen and oxygen atoms in total. The summed E-state index contributed by atoms with van der Waals surface area (Å²) in [5.74, 6) is -0.144. The second-order valence-corrected chi connectivity index (χ2v) is 6.98. The van der Waals surface area contributed by atoms with E-state index >= 15 is 0 Å². The summed E-state index contributed by atoms with van der Waals surface area (Å²) in [5, 5.41) is 9.56. The van der Waals surface area contributed by atoms with Crippen molar-refractivity contribution in [1.82, 2.24) is 4.90 Å². The van der Waals surface area contributed by atoms with E-state index in [1.165, 1.54) is 0 Å². The highest BCUT2D eigenvalue weighted by molar-refractivity contribution is 5.92. The number of ether oxygens (including phenoxy) is 1. The lowest BCUT2D eigenvalue weighted by Gasteiger charge is -2.33. The molecule has 0 aliphatic carbocycles. The number of carbonyl (C=O) groups is 2. The van der Waals surface area contributed by atoms with Gasteiger partial charge < -0.3 is 15.4 Å². The Kier molecular flexibility index (Phi) is 5.05. The molecule has 25 heavy (non-hydrogen) atoms. The normalized spacial score (nSPS) is 22.4. The summed E-state index contributed by atoms with van der Waals surface area (Å²) in [4.78, 5) is 26.0. The molecule has 2 N–H and O–H groups in total. The van der Waals surface area contributed by atoms with E-state index in [-0.39, 0.29) is 5.91 Å². The van der Waals surface area contributed by atoms with Gasteiger partial charge in [-0.3, -0.25) is 9.59 Å². The third kappa shape index (κ3) is 3.67. The minimum absolute atomic E-state index is 0.0494. The fourth-order valence-electron chi connectivity index (χ4n) is 3.76. The predicted octanol–water partition coefficient (Wildman–Crippen LogP) is 1.50. The van der Waals surface area contributed by atoms with Crippen molar-refractivity contribution in [2.24, 2.45) is 17.1 Å². The molecule has 0 unspecified atom stereocenters. The maximum absolute atomic E-state index is 12.9. The number of amides is 2. The number of primary amides is 1. The molecule has 1 aromatic rings. The SMILES string of the molecule is N#CC1(C(=O)N2CC[C@H](Cc3cccc(C(N)=O)c3)C2)CCOCC1. The summed E-state index contributed by atoms with van der Waals surface area (Å²) in [6.07, 6.45) is 2.66. The van der Waals surface area contributed by atoms with Crippen LogP contribution >= 0.6 is 0 Å². The molecule has 0 radical (unpaired) electrons. The Labute approximate surface area is 147 Å². The fraction of sp³-hybridized carbons (Fsp3) is 0.526. The summed E-state index contributed by atoms with van der Waals surface area (Å²) in [5.41, 5.74) is 5.98. The van der Waals surface area contributed by atoms with Crippen molar-refractivity contribution in [2.75, 3.05) is 26.3 Å². The van der Waals surface area contributed by atoms with Crippen LogP contribution in [-0.4, -0.2) is 43.0 Å². The van der Waals surface area contributed by atoms with E-state index in [0.717, 1.165) is 18.4 Å². The van der Waals surface area contributed by atoms with E-state index in [0.29, 0.717) is 50.6 Å². The molecule has 3 rings (SSSR count). The first kappa shape index (κ1) is 17.4. The topological polar surface area (TPSA) is 96.4 Å². The van der Waals surface area contributed by atoms with Crippen molar-refractivity contribution in [2.45, 2.75) is 25.7 Å². The summed E-state index contributed by atoms with van der Waals surface area (Å²) in [6.45, 7) is 2.28. The standard InChI is InChI=1S/C19H23N3O3/c20-13-19(5-8-25-9-6-19)18(24)22-7-4-15(12-22)10-14-2-1-3-16(11-14)17(21)23/h1-3,11,15H,4-10,12H2,(H2,21,23)/t15-/m1/s1. The maximum atomic E-state index is 12.9. The van der Waals surface area contributed by atoms with Gasteiger partial charge >= 0.3 is 0 Å². The molecule has 1 atom stereocenters. The van der Waals surface area contributed by atoms with Gasteiger partial charge in [-0.25, -0.2) is 0 Å². The fourth-order valence-corrected chi connectivity index (χ4v) is 3.76. The zero-order chi connectivity index (χ0) is 17.9. The van der Waals surface area contributed by atoms with E-state index in [1.807, 2.05) is 23.1 Å². The van der Waals surface area contributed by atoms with Gasteiger partial charge in [0.05, 0.1) is 6.07 Å². The number of nitrogens with zero attached hydrogens (tertiary/aromatic N) is 2. The molecular weight excluding hydrogens is 318 g/mol. The van der Waals surface area contributed by atoms with Crippen molar-refractivity contribution in [3.8, 4) is 6.07 Å². The minimum Gasteiger partial charge on any atom is -0.381 e. The monoisotopic (exact) mass is 341 g/mol. The Morgan fingerprint density at radius 2 is 2.12 bits per heavy atom. The summed E-state index contributed by atoms with van der Waals surface area (Å²) >= 11 is 0. The highest BCUT2D eigenvalue weighted by Gasteiger charge is 2.44. The molecule has 2 aliphatic rings. The quantitative estimate of drug-likeness (QED) is 0.897. The van der Waals surface area contributed by atoms with Crippen LogP contribution in [-0.2, 0) is 16.0 Å². The van der Waals surface area contributed by atoms with Gasteiger partial charge in [0, 0.05) is 31.9 Å². The number of nitrogens with two attached hydrogens (primary N) is 1. The van der Waals surface area contributed by atoms with Crippen LogP contribution < -0.4 is 5.73 Å². The molecule has 132 valence electrons. The molecule has 1 aromatic carbocycles. The van der Waals surface area contributed by atoms with Crippen molar-refractivity contribution < 1.29 is 14.3 Å². The Morgan fingerprint density at radius 1 is 1.36 bits per heavy atom. The average Bonchev–Trinajstić information content (AvgIpc) is 3.10. The summed E-state index contributed by atoms with van der Waals surface area (Å²) < 4.78 is 5.31. The number of likely N-dealkylation sites (tertiary alicyclic amines) is 1. The second-order valence-electron chi connectivity index (χ2n) is 6.98. The average molecular weight is 341 g/mol. The Morgan fingerprint density at radius 3 is 2.80 bits per heavy atom. The number of hydrogen-bond donors (Lipinski definition) is 1. The number of nitriles is 1. The molecule has 2 saturated heterocycles. The molecule has 2 amide bonds. The van der Waals surface area contributed by atoms with E-state index < -0.39 is 11.3 Å². The van der Waals surface area contributed by atoms with Crippen LogP contribution in [0.4, 0.5) is 0 Å². The highest BCUT2D eigenvalue weighted by Crippen LogP contribution is 2.34. The van der Waals surface area contributed by atoms with Gasteiger partial charge in [0.2, 0.25) is 11.8 Å². The van der Waals surface area contributed by atoms with Gasteiger partial charge in [-0.15, -0.1) is 0 Å². The van der Waals surface area contributed by atoms with Crippen molar-refractivity contribution >= 4 is 11.8 Å². The summed E-state index contributed by atoms with van der Waals surface area (Å²) in [6, 6.07) is 9.60. The van der Waals surface area contributed by atoms with Crippen LogP contribution in [0.2, 0.25) is 0 Å². The largest absolute Gasteiger partial charge is 0.381 e. The smallest absolute Gasteiger partial charge is 0.248 e. The van der Waals surface area contributed by atoms with E-state index in [1.54, 1.807) is 6.07 Å². The van der Waals surface area contributed by atoms with Crippen molar-refractivity contribution in [3.05, 3.63) is 35.4 Å². The number of benzene rings is 1. The van der Waals surface area contributed by atoms with Crippen molar-refractivity contribution in [1.29, 1.82) is 5.26 Å². The number of hydrogen-bond acceptors (Lipinski definition) is 4. The van der Waals surface area contributed by atoms with E-state index in [4.69, 9.17) is 10.5 Å². The summed E-state index contributed by atoms with van der Waals surface area (Å²) in [7, 11) is 0. The predicted molar refractivity (Wildman–Crippen MR) is 91.4 cm³/mol. The van der Waals surface area contributed by atoms with Crippen LogP contribution in [0.1, 0.15) is 35.2 Å². The maximum Gasteiger partial charge on any atom is 0.248 e. The van der Waals surface area contributed by atoms with Gasteiger partial charge in [-0.2, -0.15) is 5.26 Å². The first-order valence-electron chi connectivity index (χ1n) is 8.71. The molecule has 2 fully saturated rings. The lowest BCUT2D eigenvalue weighted by atomic mass is 9.80. The molecular formula is C19H23N3O3. The van der Waals surface area contributed by atoms with Gasteiger partial charge in [0.15, 0.2) is 0 Å². The zero-order valence-corrected chi connectivity index (χ0v) is 14.2. The first-order valence-corrected chi connectivity index (χ1v) is 8.71.